The molecule has 0 spiro atoms. The summed E-state index contributed by atoms with van der Waals surface area (Å²) < 4.78 is 6.79. The lowest BCUT2D eigenvalue weighted by atomic mass is 10.5. The van der Waals surface area contributed by atoms with Crippen LogP contribution in [0.15, 0.2) is 18.5 Å². The maximum atomic E-state index is 5.13. The summed E-state index contributed by atoms with van der Waals surface area (Å²) in [7, 11) is 3.41. The summed E-state index contributed by atoms with van der Waals surface area (Å²) in [5, 5.41) is 7.00. The molecule has 0 aromatic carbocycles. The second kappa shape index (κ2) is 2.93. The topological polar surface area (TPSA) is 51.5 Å². The summed E-state index contributed by atoms with van der Waals surface area (Å²) >= 11 is 0. The number of rotatable bonds is 2. The van der Waals surface area contributed by atoms with E-state index in [0.717, 1.165) is 11.5 Å². The second-order valence-corrected chi connectivity index (χ2v) is 2.54. The van der Waals surface area contributed by atoms with Crippen molar-refractivity contribution in [3.63, 3.8) is 0 Å². The number of aromatic nitrogens is 3. The number of hydrogen-bond acceptors (Lipinski definition) is 4. The molecule has 5 heteroatoms. The van der Waals surface area contributed by atoms with E-state index >= 15 is 0 Å². The molecule has 0 saturated carbocycles. The van der Waals surface area contributed by atoms with E-state index in [-0.39, 0.29) is 0 Å². The van der Waals surface area contributed by atoms with E-state index in [1.165, 1.54) is 0 Å². The molecule has 0 aliphatic rings. The lowest BCUT2D eigenvalue weighted by Gasteiger charge is -2.06. The van der Waals surface area contributed by atoms with E-state index in [1.54, 1.807) is 31.1 Å². The lowest BCUT2D eigenvalue weighted by molar-refractivity contribution is 0.411. The van der Waals surface area contributed by atoms with Crippen molar-refractivity contribution >= 4 is 11.5 Å². The van der Waals surface area contributed by atoms with Crippen LogP contribution in [0.5, 0.6) is 5.75 Å². The Balaban J connectivity index is 2.67. The molecule has 2 rings (SSSR count). The summed E-state index contributed by atoms with van der Waals surface area (Å²) in [5.41, 5.74) is 0.796. The van der Waals surface area contributed by atoms with E-state index in [2.05, 4.69) is 15.4 Å². The van der Waals surface area contributed by atoms with Crippen LogP contribution in [0, 0.1) is 0 Å². The Hall–Kier alpha value is -1.78. The summed E-state index contributed by atoms with van der Waals surface area (Å²) in [4.78, 5) is 4.29. The highest BCUT2D eigenvalue weighted by Crippen LogP contribution is 2.20. The molecule has 0 aliphatic carbocycles. The average molecular weight is 178 g/mol. The third kappa shape index (κ3) is 1.18. The summed E-state index contributed by atoms with van der Waals surface area (Å²) in [6.07, 6.45) is 3.48. The lowest BCUT2D eigenvalue weighted by Crippen LogP contribution is -2.00. The highest BCUT2D eigenvalue weighted by Gasteiger charge is 2.05. The van der Waals surface area contributed by atoms with Gasteiger partial charge in [0.1, 0.15) is 0 Å². The molecule has 0 unspecified atom stereocenters. The Bertz CT molecular complexity index is 385. The van der Waals surface area contributed by atoms with Gasteiger partial charge in [0.2, 0.25) is 0 Å². The molecule has 0 amide bonds. The van der Waals surface area contributed by atoms with Gasteiger partial charge in [-0.15, -0.1) is 0 Å². The fourth-order valence-electron chi connectivity index (χ4n) is 1.17. The van der Waals surface area contributed by atoms with Gasteiger partial charge in [0.05, 0.1) is 19.5 Å². The van der Waals surface area contributed by atoms with Crippen molar-refractivity contribution in [3.8, 4) is 5.75 Å². The Labute approximate surface area is 75.4 Å². The summed E-state index contributed by atoms with van der Waals surface area (Å²) in [5.74, 6) is 1.40. The van der Waals surface area contributed by atoms with Gasteiger partial charge in [-0.25, -0.2) is 9.50 Å². The number of ether oxygens (including phenoxy) is 1. The van der Waals surface area contributed by atoms with Gasteiger partial charge in [0.25, 0.3) is 0 Å². The Kier molecular flexibility index (Phi) is 1.77. The van der Waals surface area contributed by atoms with Gasteiger partial charge in [0.15, 0.2) is 17.2 Å². The van der Waals surface area contributed by atoms with E-state index in [4.69, 9.17) is 4.74 Å². The molecule has 0 radical (unpaired) electrons. The third-order valence-electron chi connectivity index (χ3n) is 1.81. The van der Waals surface area contributed by atoms with Crippen molar-refractivity contribution < 1.29 is 4.74 Å². The van der Waals surface area contributed by atoms with Gasteiger partial charge in [-0.3, -0.25) is 0 Å². The average Bonchev–Trinajstić information content (AvgIpc) is 2.62. The zero-order valence-corrected chi connectivity index (χ0v) is 7.48. The van der Waals surface area contributed by atoms with Crippen LogP contribution in [0.2, 0.25) is 0 Å². The molecule has 0 bridgehead atoms. The molecule has 0 atom stereocenters. The van der Waals surface area contributed by atoms with Crippen molar-refractivity contribution in [1.29, 1.82) is 0 Å². The highest BCUT2D eigenvalue weighted by molar-refractivity contribution is 5.54. The van der Waals surface area contributed by atoms with Crippen LogP contribution >= 0.6 is 0 Å². The minimum Gasteiger partial charge on any atom is -0.491 e. The first kappa shape index (κ1) is 7.85. The largest absolute Gasteiger partial charge is 0.491 e. The first-order valence-electron chi connectivity index (χ1n) is 3.91. The molecule has 2 aromatic heterocycles. The van der Waals surface area contributed by atoms with Gasteiger partial charge < -0.3 is 10.1 Å². The van der Waals surface area contributed by atoms with Crippen LogP contribution < -0.4 is 10.1 Å². The normalized spacial score (nSPS) is 10.3. The summed E-state index contributed by atoms with van der Waals surface area (Å²) in [6, 6.07) is 1.83. The Morgan fingerprint density at radius 2 is 2.38 bits per heavy atom. The number of methoxy groups -OCH3 is 1. The van der Waals surface area contributed by atoms with Gasteiger partial charge in [-0.1, -0.05) is 0 Å². The SMILES string of the molecule is CNc1nc2ccnn2cc1OC. The molecule has 5 nitrogen and oxygen atoms in total. The van der Waals surface area contributed by atoms with Gasteiger partial charge >= 0.3 is 0 Å². The first-order chi connectivity index (χ1) is 6.35. The van der Waals surface area contributed by atoms with Crippen LogP contribution in [0.1, 0.15) is 0 Å². The monoisotopic (exact) mass is 178 g/mol. The van der Waals surface area contributed by atoms with Crippen molar-refractivity contribution in [1.82, 2.24) is 14.6 Å². The molecular weight excluding hydrogens is 168 g/mol. The number of nitrogens with zero attached hydrogens (tertiary/aromatic N) is 3. The van der Waals surface area contributed by atoms with Crippen molar-refractivity contribution in [3.05, 3.63) is 18.5 Å². The molecule has 0 saturated heterocycles. The molecular formula is C8H10N4O. The van der Waals surface area contributed by atoms with Crippen molar-refractivity contribution in [2.75, 3.05) is 19.5 Å². The van der Waals surface area contributed by atoms with Crippen LogP contribution in [-0.4, -0.2) is 28.8 Å². The number of hydrogen-bond donors (Lipinski definition) is 1. The van der Waals surface area contributed by atoms with Crippen molar-refractivity contribution in [2.24, 2.45) is 0 Å². The van der Waals surface area contributed by atoms with Gasteiger partial charge in [-0.05, 0) is 0 Å². The maximum Gasteiger partial charge on any atom is 0.179 e. The van der Waals surface area contributed by atoms with E-state index < -0.39 is 0 Å². The molecule has 68 valence electrons. The van der Waals surface area contributed by atoms with Crippen LogP contribution in [0.4, 0.5) is 5.82 Å². The Morgan fingerprint density at radius 1 is 1.54 bits per heavy atom. The predicted octanol–water partition coefficient (Wildman–Crippen LogP) is 0.780. The fourth-order valence-corrected chi connectivity index (χ4v) is 1.17. The number of nitrogens with one attached hydrogen (secondary N) is 1. The first-order valence-corrected chi connectivity index (χ1v) is 3.91. The summed E-state index contributed by atoms with van der Waals surface area (Å²) in [6.45, 7) is 0. The fraction of sp³-hybridized carbons (Fsp3) is 0.250. The predicted molar refractivity (Wildman–Crippen MR) is 49.1 cm³/mol. The van der Waals surface area contributed by atoms with Crippen LogP contribution in [0.25, 0.3) is 5.65 Å². The molecule has 0 aliphatic heterocycles. The molecule has 13 heavy (non-hydrogen) atoms. The van der Waals surface area contributed by atoms with E-state index in [0.29, 0.717) is 5.75 Å². The Morgan fingerprint density at radius 3 is 3.08 bits per heavy atom. The van der Waals surface area contributed by atoms with Gasteiger partial charge in [-0.2, -0.15) is 5.10 Å². The van der Waals surface area contributed by atoms with Crippen molar-refractivity contribution in [2.45, 2.75) is 0 Å². The second-order valence-electron chi connectivity index (χ2n) is 2.54. The minimum atomic E-state index is 0.679. The molecule has 2 heterocycles. The molecule has 1 N–H and O–H groups in total. The quantitative estimate of drug-likeness (QED) is 0.738. The van der Waals surface area contributed by atoms with E-state index in [9.17, 15) is 0 Å². The molecule has 0 fully saturated rings. The smallest absolute Gasteiger partial charge is 0.179 e. The van der Waals surface area contributed by atoms with Crippen LogP contribution in [-0.2, 0) is 0 Å². The zero-order chi connectivity index (χ0) is 9.26. The highest BCUT2D eigenvalue weighted by atomic mass is 16.5. The number of fused-ring (bicyclic) bond motifs is 1. The third-order valence-corrected chi connectivity index (χ3v) is 1.81. The minimum absolute atomic E-state index is 0.679. The molecule has 2 aromatic rings. The zero-order valence-electron chi connectivity index (χ0n) is 7.48. The van der Waals surface area contributed by atoms with Crippen LogP contribution in [0.3, 0.4) is 0 Å². The van der Waals surface area contributed by atoms with E-state index in [1.807, 2.05) is 6.07 Å². The maximum absolute atomic E-state index is 5.13. The standard InChI is InChI=1S/C8H10N4O/c1-9-8-6(13-2)5-12-7(11-8)3-4-10-12/h3-5H,1-2H3,(H,9,11). The van der Waals surface area contributed by atoms with Gasteiger partial charge in [0, 0.05) is 13.1 Å². The number of anilines is 1.